The van der Waals surface area contributed by atoms with E-state index in [1.807, 2.05) is 31.6 Å². The number of nitrogens with zero attached hydrogens (tertiary/aromatic N) is 3. The van der Waals surface area contributed by atoms with Gasteiger partial charge in [0.1, 0.15) is 5.52 Å². The molecule has 23 heavy (non-hydrogen) atoms. The Morgan fingerprint density at radius 1 is 1.39 bits per heavy atom. The fourth-order valence-corrected chi connectivity index (χ4v) is 4.28. The Hall–Kier alpha value is -1.21. The van der Waals surface area contributed by atoms with E-state index < -0.39 is 5.79 Å². The minimum Gasteiger partial charge on any atom is -0.396 e. The Morgan fingerprint density at radius 3 is 2.87 bits per heavy atom. The Kier molecular flexibility index (Phi) is 3.43. The number of rotatable bonds is 2. The summed E-state index contributed by atoms with van der Waals surface area (Å²) in [5.41, 5.74) is 1.77. The van der Waals surface area contributed by atoms with Crippen LogP contribution in [0.15, 0.2) is 12.3 Å². The van der Waals surface area contributed by atoms with Crippen LogP contribution in [0.5, 0.6) is 0 Å². The maximum absolute atomic E-state index is 9.74. The van der Waals surface area contributed by atoms with Crippen LogP contribution in [-0.2, 0) is 16.5 Å². The summed E-state index contributed by atoms with van der Waals surface area (Å²) in [4.78, 5) is 4.10. The average molecular weight is 338 g/mol. The number of pyridine rings is 1. The van der Waals surface area contributed by atoms with Gasteiger partial charge in [-0.1, -0.05) is 11.6 Å². The maximum Gasteiger partial charge on any atom is 0.163 e. The summed E-state index contributed by atoms with van der Waals surface area (Å²) >= 11 is 6.18. The highest BCUT2D eigenvalue weighted by Crippen LogP contribution is 2.50. The third-order valence-electron chi connectivity index (χ3n) is 4.92. The zero-order valence-electron chi connectivity index (χ0n) is 13.4. The topological polar surface area (TPSA) is 69.4 Å². The van der Waals surface area contributed by atoms with Crippen LogP contribution in [0.3, 0.4) is 0 Å². The third-order valence-corrected chi connectivity index (χ3v) is 5.20. The Bertz CT molecular complexity index is 760. The van der Waals surface area contributed by atoms with Gasteiger partial charge in [-0.3, -0.25) is 4.68 Å². The van der Waals surface area contributed by atoms with Gasteiger partial charge in [-0.05, 0) is 26.3 Å². The highest BCUT2D eigenvalue weighted by Gasteiger charge is 2.54. The Balaban J connectivity index is 1.82. The van der Waals surface area contributed by atoms with Crippen molar-refractivity contribution in [2.45, 2.75) is 44.2 Å². The van der Waals surface area contributed by atoms with Crippen molar-refractivity contribution in [3.63, 3.8) is 0 Å². The molecule has 2 aromatic heterocycles. The third kappa shape index (κ3) is 2.28. The van der Waals surface area contributed by atoms with Crippen LogP contribution in [0, 0.1) is 5.92 Å². The molecule has 0 unspecified atom stereocenters. The van der Waals surface area contributed by atoms with E-state index in [0.29, 0.717) is 10.7 Å². The molecule has 0 bridgehead atoms. The van der Waals surface area contributed by atoms with Crippen LogP contribution in [-0.4, -0.2) is 44.5 Å². The number of halogens is 1. The van der Waals surface area contributed by atoms with Crippen LogP contribution in [0.2, 0.25) is 5.15 Å². The molecule has 6 nitrogen and oxygen atoms in total. The van der Waals surface area contributed by atoms with Gasteiger partial charge in [-0.2, -0.15) is 5.10 Å². The van der Waals surface area contributed by atoms with E-state index in [-0.39, 0.29) is 30.7 Å². The number of ether oxygens (including phenoxy) is 2. The van der Waals surface area contributed by atoms with Gasteiger partial charge < -0.3 is 14.6 Å². The van der Waals surface area contributed by atoms with E-state index in [1.54, 1.807) is 6.20 Å². The van der Waals surface area contributed by atoms with E-state index in [4.69, 9.17) is 21.1 Å². The minimum atomic E-state index is -0.630. The minimum absolute atomic E-state index is 0.0639. The smallest absolute Gasteiger partial charge is 0.163 e. The van der Waals surface area contributed by atoms with Crippen LogP contribution in [0.4, 0.5) is 0 Å². The molecule has 4 atom stereocenters. The SMILES string of the molecule is Cn1nc2c(Cl)nccc2c1[C@@H]1C[C@H](CO)[C@H]2OC(C)(C)O[C@H]21. The van der Waals surface area contributed by atoms with E-state index in [0.717, 1.165) is 17.5 Å². The summed E-state index contributed by atoms with van der Waals surface area (Å²) in [6.07, 6.45) is 2.31. The second-order valence-corrected chi connectivity index (χ2v) is 7.21. The molecule has 1 aliphatic carbocycles. The van der Waals surface area contributed by atoms with Crippen molar-refractivity contribution in [1.29, 1.82) is 0 Å². The van der Waals surface area contributed by atoms with Gasteiger partial charge in [0.2, 0.25) is 0 Å². The monoisotopic (exact) mass is 337 g/mol. The van der Waals surface area contributed by atoms with Crippen molar-refractivity contribution < 1.29 is 14.6 Å². The van der Waals surface area contributed by atoms with E-state index in [2.05, 4.69) is 10.1 Å². The average Bonchev–Trinajstić information content (AvgIpc) is 3.08. The zero-order chi connectivity index (χ0) is 16.4. The van der Waals surface area contributed by atoms with Gasteiger partial charge >= 0.3 is 0 Å². The normalized spacial score (nSPS) is 32.6. The highest BCUT2D eigenvalue weighted by atomic mass is 35.5. The number of aliphatic hydroxyl groups excluding tert-OH is 1. The second-order valence-electron chi connectivity index (χ2n) is 6.86. The van der Waals surface area contributed by atoms with Gasteiger partial charge in [0.15, 0.2) is 10.9 Å². The van der Waals surface area contributed by atoms with E-state index in [1.165, 1.54) is 0 Å². The van der Waals surface area contributed by atoms with Gasteiger partial charge in [0.25, 0.3) is 0 Å². The standard InChI is InChI=1S/C16H20ClN3O3/c1-16(2)22-13-8(7-21)6-10(14(13)23-16)12-9-4-5-18-15(17)11(9)19-20(12)3/h4-5,8,10,13-14,21H,6-7H2,1-3H3/t8-,10+,13-,14+/m1/s1. The summed E-state index contributed by atoms with van der Waals surface area (Å²) in [6, 6.07) is 1.94. The molecule has 2 aromatic rings. The van der Waals surface area contributed by atoms with Crippen LogP contribution in [0.1, 0.15) is 31.9 Å². The first-order valence-electron chi connectivity index (χ1n) is 7.85. The fourth-order valence-electron chi connectivity index (χ4n) is 4.08. The second kappa shape index (κ2) is 5.14. The number of aryl methyl sites for hydroxylation is 1. The number of aliphatic hydroxyl groups is 1. The fraction of sp³-hybridized carbons (Fsp3) is 0.625. The Morgan fingerprint density at radius 2 is 2.13 bits per heavy atom. The molecule has 1 saturated heterocycles. The first kappa shape index (κ1) is 15.3. The van der Waals surface area contributed by atoms with Crippen LogP contribution < -0.4 is 0 Å². The largest absolute Gasteiger partial charge is 0.396 e. The lowest BCUT2D eigenvalue weighted by molar-refractivity contribution is -0.159. The summed E-state index contributed by atoms with van der Waals surface area (Å²) in [5.74, 6) is -0.462. The molecule has 2 aliphatic rings. The van der Waals surface area contributed by atoms with E-state index in [9.17, 15) is 5.11 Å². The van der Waals surface area contributed by atoms with Crippen molar-refractivity contribution in [1.82, 2.24) is 14.8 Å². The quantitative estimate of drug-likeness (QED) is 0.851. The number of aromatic nitrogens is 3. The predicted molar refractivity (Wildman–Crippen MR) is 85.3 cm³/mol. The van der Waals surface area contributed by atoms with E-state index >= 15 is 0 Å². The molecule has 1 saturated carbocycles. The van der Waals surface area contributed by atoms with Crippen molar-refractivity contribution in [3.05, 3.63) is 23.1 Å². The van der Waals surface area contributed by atoms with Crippen molar-refractivity contribution in [3.8, 4) is 0 Å². The molecule has 0 spiro atoms. The van der Waals surface area contributed by atoms with Gasteiger partial charge in [-0.25, -0.2) is 4.98 Å². The van der Waals surface area contributed by atoms with Crippen molar-refractivity contribution in [2.24, 2.45) is 13.0 Å². The molecule has 0 amide bonds. The number of fused-ring (bicyclic) bond motifs is 2. The first-order valence-corrected chi connectivity index (χ1v) is 8.22. The molecule has 7 heteroatoms. The van der Waals surface area contributed by atoms with Gasteiger partial charge in [0, 0.05) is 37.1 Å². The molecule has 1 N–H and O–H groups in total. The summed E-state index contributed by atoms with van der Waals surface area (Å²) in [6.45, 7) is 3.92. The molecule has 3 heterocycles. The number of hydrogen-bond acceptors (Lipinski definition) is 5. The zero-order valence-corrected chi connectivity index (χ0v) is 14.1. The molecular weight excluding hydrogens is 318 g/mol. The molecular formula is C16H20ClN3O3. The number of hydrogen-bond donors (Lipinski definition) is 1. The molecule has 1 aliphatic heterocycles. The molecule has 0 radical (unpaired) electrons. The molecule has 2 fully saturated rings. The summed E-state index contributed by atoms with van der Waals surface area (Å²) in [7, 11) is 1.91. The lowest BCUT2D eigenvalue weighted by atomic mass is 9.97. The summed E-state index contributed by atoms with van der Waals surface area (Å²) in [5, 5.41) is 15.7. The van der Waals surface area contributed by atoms with Gasteiger partial charge in [0.05, 0.1) is 17.9 Å². The maximum atomic E-state index is 9.74. The molecule has 0 aromatic carbocycles. The highest BCUT2D eigenvalue weighted by molar-refractivity contribution is 6.33. The van der Waals surface area contributed by atoms with Gasteiger partial charge in [-0.15, -0.1) is 0 Å². The lowest BCUT2D eigenvalue weighted by Crippen LogP contribution is -2.27. The van der Waals surface area contributed by atoms with Crippen molar-refractivity contribution in [2.75, 3.05) is 6.61 Å². The first-order chi connectivity index (χ1) is 10.9. The molecule has 4 rings (SSSR count). The summed E-state index contributed by atoms with van der Waals surface area (Å²) < 4.78 is 14.0. The molecule has 124 valence electrons. The Labute approximate surface area is 139 Å². The predicted octanol–water partition coefficient (Wildman–Crippen LogP) is 2.24. The van der Waals surface area contributed by atoms with Crippen LogP contribution in [0.25, 0.3) is 10.9 Å². The lowest BCUT2D eigenvalue weighted by Gasteiger charge is -2.23. The van der Waals surface area contributed by atoms with Crippen LogP contribution >= 0.6 is 11.6 Å². The van der Waals surface area contributed by atoms with Crippen molar-refractivity contribution >= 4 is 22.5 Å².